The van der Waals surface area contributed by atoms with E-state index in [0.717, 1.165) is 37.8 Å². The van der Waals surface area contributed by atoms with E-state index in [9.17, 15) is 0 Å². The Morgan fingerprint density at radius 3 is 2.76 bits per heavy atom. The Morgan fingerprint density at radius 2 is 2.00 bits per heavy atom. The lowest BCUT2D eigenvalue weighted by Crippen LogP contribution is -2.34. The lowest BCUT2D eigenvalue weighted by atomic mass is 10.1. The van der Waals surface area contributed by atoms with Crippen molar-refractivity contribution in [3.63, 3.8) is 0 Å². The van der Waals surface area contributed by atoms with Gasteiger partial charge in [0.05, 0.1) is 6.54 Å². The van der Waals surface area contributed by atoms with Crippen LogP contribution in [0.5, 0.6) is 0 Å². The van der Waals surface area contributed by atoms with E-state index < -0.39 is 0 Å². The van der Waals surface area contributed by atoms with Gasteiger partial charge in [-0.3, -0.25) is 4.90 Å². The summed E-state index contributed by atoms with van der Waals surface area (Å²) in [5.41, 5.74) is 2.76. The van der Waals surface area contributed by atoms with Crippen molar-refractivity contribution in [2.45, 2.75) is 51.1 Å². The summed E-state index contributed by atoms with van der Waals surface area (Å²) in [5, 5.41) is 4.15. The molecule has 1 aromatic carbocycles. The van der Waals surface area contributed by atoms with Gasteiger partial charge in [-0.15, -0.1) is 0 Å². The van der Waals surface area contributed by atoms with Gasteiger partial charge in [0.25, 0.3) is 0 Å². The van der Waals surface area contributed by atoms with Crippen molar-refractivity contribution in [1.29, 1.82) is 0 Å². The predicted octanol–water partition coefficient (Wildman–Crippen LogP) is 3.00. The van der Waals surface area contributed by atoms with E-state index in [1.165, 1.54) is 36.9 Å². The van der Waals surface area contributed by atoms with E-state index in [1.807, 2.05) is 0 Å². The van der Waals surface area contributed by atoms with Crippen LogP contribution >= 0.6 is 0 Å². The van der Waals surface area contributed by atoms with E-state index in [-0.39, 0.29) is 0 Å². The molecule has 0 amide bonds. The fourth-order valence-electron chi connectivity index (χ4n) is 3.60. The number of rotatable bonds is 7. The van der Waals surface area contributed by atoms with Gasteiger partial charge in [-0.05, 0) is 51.8 Å². The van der Waals surface area contributed by atoms with Crippen LogP contribution < -0.4 is 0 Å². The maximum absolute atomic E-state index is 5.37. The Hall–Kier alpha value is -1.72. The first kappa shape index (κ1) is 16.7. The number of hydrogen-bond acceptors (Lipinski definition) is 5. The monoisotopic (exact) mass is 340 g/mol. The van der Waals surface area contributed by atoms with Crippen molar-refractivity contribution in [2.24, 2.45) is 0 Å². The van der Waals surface area contributed by atoms with E-state index in [2.05, 4.69) is 58.2 Å². The largest absolute Gasteiger partial charge is 0.339 e. The minimum absolute atomic E-state index is 0.537. The molecule has 0 unspecified atom stereocenters. The Morgan fingerprint density at radius 1 is 1.20 bits per heavy atom. The SMILES string of the molecule is Cc1ccc(CCN2CC[C@@H](N(C)Cc3noc(C4CC4)n3)C2)cc1. The van der Waals surface area contributed by atoms with E-state index in [4.69, 9.17) is 4.52 Å². The molecule has 4 rings (SSSR count). The second-order valence-electron chi connectivity index (χ2n) is 7.72. The normalized spacial score (nSPS) is 21.3. The van der Waals surface area contributed by atoms with Gasteiger partial charge >= 0.3 is 0 Å². The Bertz CT molecular complexity index is 692. The first-order chi connectivity index (χ1) is 12.2. The topological polar surface area (TPSA) is 45.4 Å². The zero-order valence-corrected chi connectivity index (χ0v) is 15.3. The Kier molecular flexibility index (Phi) is 4.86. The molecular formula is C20H28N4O. The summed E-state index contributed by atoms with van der Waals surface area (Å²) < 4.78 is 5.37. The number of likely N-dealkylation sites (N-methyl/N-ethyl adjacent to an activating group) is 1. The van der Waals surface area contributed by atoms with E-state index in [0.29, 0.717) is 12.0 Å². The zero-order valence-electron chi connectivity index (χ0n) is 15.3. The van der Waals surface area contributed by atoms with Gasteiger partial charge in [0.2, 0.25) is 5.89 Å². The molecule has 1 aromatic heterocycles. The minimum Gasteiger partial charge on any atom is -0.339 e. The van der Waals surface area contributed by atoms with Crippen LogP contribution in [0, 0.1) is 6.92 Å². The van der Waals surface area contributed by atoms with E-state index in [1.54, 1.807) is 0 Å². The van der Waals surface area contributed by atoms with Crippen molar-refractivity contribution in [3.8, 4) is 0 Å². The van der Waals surface area contributed by atoms with Crippen LogP contribution in [0.4, 0.5) is 0 Å². The molecule has 2 aromatic rings. The molecule has 0 radical (unpaired) electrons. The highest BCUT2D eigenvalue weighted by Crippen LogP contribution is 2.38. The molecule has 2 fully saturated rings. The highest BCUT2D eigenvalue weighted by atomic mass is 16.5. The van der Waals surface area contributed by atoms with Gasteiger partial charge in [-0.2, -0.15) is 4.98 Å². The second kappa shape index (κ2) is 7.26. The molecule has 5 heteroatoms. The average Bonchev–Trinajstić information content (AvgIpc) is 3.17. The third kappa shape index (κ3) is 4.28. The number of hydrogen-bond donors (Lipinski definition) is 0. The van der Waals surface area contributed by atoms with Crippen molar-refractivity contribution in [2.75, 3.05) is 26.7 Å². The molecule has 0 N–H and O–H groups in total. The molecule has 25 heavy (non-hydrogen) atoms. The van der Waals surface area contributed by atoms with Crippen LogP contribution in [-0.4, -0.2) is 52.7 Å². The van der Waals surface area contributed by atoms with Gasteiger partial charge in [0, 0.05) is 25.0 Å². The molecule has 0 bridgehead atoms. The van der Waals surface area contributed by atoms with Crippen LogP contribution in [0.25, 0.3) is 0 Å². The van der Waals surface area contributed by atoms with Gasteiger partial charge in [-0.1, -0.05) is 35.0 Å². The van der Waals surface area contributed by atoms with Gasteiger partial charge in [-0.25, -0.2) is 0 Å². The quantitative estimate of drug-likeness (QED) is 0.775. The predicted molar refractivity (Wildman–Crippen MR) is 97.5 cm³/mol. The third-order valence-electron chi connectivity index (χ3n) is 5.51. The van der Waals surface area contributed by atoms with Crippen LogP contribution in [0.1, 0.15) is 48.0 Å². The first-order valence-corrected chi connectivity index (χ1v) is 9.48. The molecule has 5 nitrogen and oxygen atoms in total. The molecule has 2 heterocycles. The second-order valence-corrected chi connectivity index (χ2v) is 7.72. The Balaban J connectivity index is 1.24. The van der Waals surface area contributed by atoms with Crippen LogP contribution in [0.2, 0.25) is 0 Å². The standard InChI is InChI=1S/C20H28N4O/c1-15-3-5-16(6-4-15)9-11-24-12-10-18(13-24)23(2)14-19-21-20(25-22-19)17-7-8-17/h3-6,17-18H,7-14H2,1-2H3/t18-/m1/s1. The van der Waals surface area contributed by atoms with Gasteiger partial charge in [0.15, 0.2) is 5.82 Å². The minimum atomic E-state index is 0.537. The molecule has 1 atom stereocenters. The molecule has 1 aliphatic carbocycles. The fourth-order valence-corrected chi connectivity index (χ4v) is 3.60. The number of aryl methyl sites for hydroxylation is 1. The average molecular weight is 340 g/mol. The van der Waals surface area contributed by atoms with Crippen molar-refractivity contribution in [1.82, 2.24) is 19.9 Å². The number of benzene rings is 1. The van der Waals surface area contributed by atoms with Crippen molar-refractivity contribution in [3.05, 3.63) is 47.1 Å². The lowest BCUT2D eigenvalue weighted by molar-refractivity contribution is 0.218. The molecular weight excluding hydrogens is 312 g/mol. The van der Waals surface area contributed by atoms with Crippen molar-refractivity contribution >= 4 is 0 Å². The number of likely N-dealkylation sites (tertiary alicyclic amines) is 1. The molecule has 134 valence electrons. The van der Waals surface area contributed by atoms with Crippen LogP contribution in [0.3, 0.4) is 0 Å². The highest BCUT2D eigenvalue weighted by Gasteiger charge is 2.30. The molecule has 1 saturated carbocycles. The van der Waals surface area contributed by atoms with Gasteiger partial charge < -0.3 is 9.42 Å². The third-order valence-corrected chi connectivity index (χ3v) is 5.51. The molecule has 2 aliphatic rings. The summed E-state index contributed by atoms with van der Waals surface area (Å²) in [7, 11) is 2.18. The molecule has 0 spiro atoms. The first-order valence-electron chi connectivity index (χ1n) is 9.48. The van der Waals surface area contributed by atoms with Gasteiger partial charge in [0.1, 0.15) is 0 Å². The van der Waals surface area contributed by atoms with Crippen molar-refractivity contribution < 1.29 is 4.52 Å². The highest BCUT2D eigenvalue weighted by molar-refractivity contribution is 5.21. The lowest BCUT2D eigenvalue weighted by Gasteiger charge is -2.23. The summed E-state index contributed by atoms with van der Waals surface area (Å²) in [6.07, 6.45) is 4.76. The smallest absolute Gasteiger partial charge is 0.229 e. The molecule has 1 saturated heterocycles. The van der Waals surface area contributed by atoms with E-state index >= 15 is 0 Å². The van der Waals surface area contributed by atoms with Crippen LogP contribution in [-0.2, 0) is 13.0 Å². The maximum atomic E-state index is 5.37. The summed E-state index contributed by atoms with van der Waals surface area (Å²) in [6, 6.07) is 9.50. The summed E-state index contributed by atoms with van der Waals surface area (Å²) in [4.78, 5) is 9.51. The maximum Gasteiger partial charge on any atom is 0.229 e. The van der Waals surface area contributed by atoms with Crippen LogP contribution in [0.15, 0.2) is 28.8 Å². The number of aromatic nitrogens is 2. The summed E-state index contributed by atoms with van der Waals surface area (Å²) in [6.45, 7) is 6.38. The zero-order chi connectivity index (χ0) is 17.2. The number of nitrogens with zero attached hydrogens (tertiary/aromatic N) is 4. The summed E-state index contributed by atoms with van der Waals surface area (Å²) >= 11 is 0. The Labute approximate surface area is 150 Å². The fraction of sp³-hybridized carbons (Fsp3) is 0.600. The summed E-state index contributed by atoms with van der Waals surface area (Å²) in [5.74, 6) is 2.22. The molecule has 1 aliphatic heterocycles.